The summed E-state index contributed by atoms with van der Waals surface area (Å²) in [7, 11) is 0. The Balaban J connectivity index is 2.96. The summed E-state index contributed by atoms with van der Waals surface area (Å²) in [6, 6.07) is 0. The van der Waals surface area contributed by atoms with Crippen LogP contribution in [-0.4, -0.2) is 50.2 Å². The molecule has 0 spiro atoms. The molecule has 0 amide bonds. The Morgan fingerprint density at radius 1 is 1.09 bits per heavy atom. The molecule has 1 aliphatic heterocycles. The number of carbonyl (C=O) groups excluding carboxylic acids is 2. The molecule has 23 heavy (non-hydrogen) atoms. The highest BCUT2D eigenvalue weighted by Crippen LogP contribution is 2.34. The molecule has 1 fully saturated rings. The van der Waals surface area contributed by atoms with Crippen molar-refractivity contribution in [3.63, 3.8) is 0 Å². The van der Waals surface area contributed by atoms with E-state index in [9.17, 15) is 9.59 Å². The van der Waals surface area contributed by atoms with Crippen molar-refractivity contribution in [1.82, 2.24) is 0 Å². The molecule has 0 aromatic carbocycles. The first-order valence-corrected chi connectivity index (χ1v) is 8.77. The Bertz CT molecular complexity index is 486. The van der Waals surface area contributed by atoms with Gasteiger partial charge in [-0.3, -0.25) is 15.0 Å². The lowest BCUT2D eigenvalue weighted by atomic mass is 10.0. The summed E-state index contributed by atoms with van der Waals surface area (Å²) in [5, 5.41) is 7.61. The Morgan fingerprint density at radius 2 is 1.57 bits per heavy atom. The number of rotatable bonds is 3. The van der Waals surface area contributed by atoms with Crippen molar-refractivity contribution in [3.05, 3.63) is 0 Å². The Labute approximate surface area is 161 Å². The molecule has 0 bridgehead atoms. The van der Waals surface area contributed by atoms with Crippen molar-refractivity contribution in [1.29, 1.82) is 5.41 Å². The molecule has 0 radical (unpaired) electrons. The minimum absolute atomic E-state index is 0.542. The Morgan fingerprint density at radius 3 is 2.00 bits per heavy atom. The SMILES string of the molecule is CC(=O)O[C@H]1[C@H](OC(C)=O)[C@@H](I)C(OC(=N)C(Cl)(Cl)Cl)O[C@@H]1C. The molecule has 0 aromatic rings. The van der Waals surface area contributed by atoms with Crippen molar-refractivity contribution >= 4 is 75.2 Å². The molecule has 0 saturated carbocycles. The standard InChI is InChI=1S/C12H15Cl3INO6/c1-4-8(21-5(2)18)9(22-6(3)19)7(16)10(20-4)23-11(17)12(13,14)15/h4,7-10,17H,1-3H3/t4-,7-,8-,9-,10?/m1/s1. The van der Waals surface area contributed by atoms with Crippen LogP contribution in [0.4, 0.5) is 0 Å². The van der Waals surface area contributed by atoms with Gasteiger partial charge in [0.25, 0.3) is 3.79 Å². The quantitative estimate of drug-likeness (QED) is 0.210. The van der Waals surface area contributed by atoms with Gasteiger partial charge in [0.1, 0.15) is 3.92 Å². The maximum Gasteiger partial charge on any atom is 0.303 e. The Hall–Kier alpha value is -0.0300. The van der Waals surface area contributed by atoms with Gasteiger partial charge < -0.3 is 18.9 Å². The molecule has 1 aliphatic rings. The first kappa shape index (κ1) is 21.0. The van der Waals surface area contributed by atoms with Crippen LogP contribution in [0.15, 0.2) is 0 Å². The Kier molecular flexibility index (Phi) is 7.65. The average molecular weight is 503 g/mol. The van der Waals surface area contributed by atoms with Crippen LogP contribution in [-0.2, 0) is 28.5 Å². The van der Waals surface area contributed by atoms with E-state index in [0.717, 1.165) is 0 Å². The number of hydrogen-bond acceptors (Lipinski definition) is 7. The first-order valence-electron chi connectivity index (χ1n) is 6.39. The van der Waals surface area contributed by atoms with Crippen LogP contribution in [0.5, 0.6) is 0 Å². The number of hydrogen-bond donors (Lipinski definition) is 1. The van der Waals surface area contributed by atoms with E-state index in [1.165, 1.54) is 13.8 Å². The van der Waals surface area contributed by atoms with E-state index in [1.807, 2.05) is 22.6 Å². The van der Waals surface area contributed by atoms with Gasteiger partial charge in [0.05, 0.1) is 6.10 Å². The summed E-state index contributed by atoms with van der Waals surface area (Å²) in [4.78, 5) is 22.6. The number of carbonyl (C=O) groups is 2. The number of nitrogens with one attached hydrogen (secondary N) is 1. The van der Waals surface area contributed by atoms with Gasteiger partial charge in [-0.25, -0.2) is 0 Å². The lowest BCUT2D eigenvalue weighted by Crippen LogP contribution is -2.58. The smallest absolute Gasteiger partial charge is 0.303 e. The predicted molar refractivity (Wildman–Crippen MR) is 92.4 cm³/mol. The maximum absolute atomic E-state index is 11.3. The number of ether oxygens (including phenoxy) is 4. The highest BCUT2D eigenvalue weighted by atomic mass is 127. The molecule has 132 valence electrons. The molecule has 1 unspecified atom stereocenters. The second-order valence-electron chi connectivity index (χ2n) is 4.75. The minimum Gasteiger partial charge on any atom is -0.457 e. The average Bonchev–Trinajstić information content (AvgIpc) is 2.37. The van der Waals surface area contributed by atoms with E-state index in [-0.39, 0.29) is 0 Å². The molecule has 1 saturated heterocycles. The van der Waals surface area contributed by atoms with E-state index in [1.54, 1.807) is 6.92 Å². The number of esters is 2. The molecule has 11 heteroatoms. The van der Waals surface area contributed by atoms with Crippen LogP contribution in [0.3, 0.4) is 0 Å². The molecule has 0 aromatic heterocycles. The van der Waals surface area contributed by atoms with Crippen LogP contribution in [0, 0.1) is 5.41 Å². The fourth-order valence-electron chi connectivity index (χ4n) is 1.92. The van der Waals surface area contributed by atoms with Gasteiger partial charge in [-0.1, -0.05) is 57.4 Å². The van der Waals surface area contributed by atoms with Crippen molar-refractivity contribution < 1.29 is 28.5 Å². The second-order valence-corrected chi connectivity index (χ2v) is 8.47. The highest BCUT2D eigenvalue weighted by Gasteiger charge is 2.49. The molecule has 5 atom stereocenters. The number of halogens is 4. The van der Waals surface area contributed by atoms with Crippen LogP contribution in [0.25, 0.3) is 0 Å². The second kappa shape index (κ2) is 8.37. The largest absolute Gasteiger partial charge is 0.457 e. The van der Waals surface area contributed by atoms with Gasteiger partial charge in [0.2, 0.25) is 12.2 Å². The fraction of sp³-hybridized carbons (Fsp3) is 0.750. The van der Waals surface area contributed by atoms with E-state index in [2.05, 4.69) is 0 Å². The normalized spacial score (nSPS) is 31.2. The number of alkyl halides is 4. The van der Waals surface area contributed by atoms with Gasteiger partial charge in [-0.15, -0.1) is 0 Å². The summed E-state index contributed by atoms with van der Waals surface area (Å²) in [6.07, 6.45) is -3.35. The van der Waals surface area contributed by atoms with Gasteiger partial charge >= 0.3 is 11.9 Å². The lowest BCUT2D eigenvalue weighted by molar-refractivity contribution is -0.231. The van der Waals surface area contributed by atoms with E-state index in [0.29, 0.717) is 0 Å². The third kappa shape index (κ3) is 6.08. The molecule has 1 N–H and O–H groups in total. The van der Waals surface area contributed by atoms with Crippen molar-refractivity contribution in [3.8, 4) is 0 Å². The van der Waals surface area contributed by atoms with Crippen LogP contribution in [0.2, 0.25) is 0 Å². The van der Waals surface area contributed by atoms with Crippen LogP contribution < -0.4 is 0 Å². The van der Waals surface area contributed by atoms with Gasteiger partial charge in [-0.05, 0) is 6.92 Å². The maximum atomic E-state index is 11.3. The van der Waals surface area contributed by atoms with Gasteiger partial charge in [-0.2, -0.15) is 0 Å². The zero-order chi connectivity index (χ0) is 17.9. The zero-order valence-corrected chi connectivity index (χ0v) is 16.8. The first-order chi connectivity index (χ1) is 10.4. The van der Waals surface area contributed by atoms with Crippen molar-refractivity contribution in [2.75, 3.05) is 0 Å². The van der Waals surface area contributed by atoms with Crippen molar-refractivity contribution in [2.24, 2.45) is 0 Å². The van der Waals surface area contributed by atoms with Crippen molar-refractivity contribution in [2.45, 2.75) is 53.1 Å². The summed E-state index contributed by atoms with van der Waals surface area (Å²) in [6.45, 7) is 4.08. The monoisotopic (exact) mass is 501 g/mol. The minimum atomic E-state index is -2.05. The summed E-state index contributed by atoms with van der Waals surface area (Å²) < 4.78 is 18.6. The molecule has 0 aliphatic carbocycles. The van der Waals surface area contributed by atoms with E-state index >= 15 is 0 Å². The van der Waals surface area contributed by atoms with Gasteiger partial charge in [0, 0.05) is 13.8 Å². The topological polar surface area (TPSA) is 94.9 Å². The summed E-state index contributed by atoms with van der Waals surface area (Å²) in [5.74, 6) is -1.73. The summed E-state index contributed by atoms with van der Waals surface area (Å²) >= 11 is 18.6. The molecular formula is C12H15Cl3INO6. The van der Waals surface area contributed by atoms with Gasteiger partial charge in [0.15, 0.2) is 12.2 Å². The summed E-state index contributed by atoms with van der Waals surface area (Å²) in [5.41, 5.74) is 0. The van der Waals surface area contributed by atoms with Crippen LogP contribution >= 0.6 is 57.4 Å². The highest BCUT2D eigenvalue weighted by molar-refractivity contribution is 14.1. The molecular weight excluding hydrogens is 487 g/mol. The van der Waals surface area contributed by atoms with Crippen LogP contribution in [0.1, 0.15) is 20.8 Å². The fourth-order valence-corrected chi connectivity index (χ4v) is 2.93. The zero-order valence-electron chi connectivity index (χ0n) is 12.3. The van der Waals surface area contributed by atoms with E-state index in [4.69, 9.17) is 59.2 Å². The molecule has 1 rings (SSSR count). The third-order valence-electron chi connectivity index (χ3n) is 2.80. The molecule has 7 nitrogen and oxygen atoms in total. The molecule has 1 heterocycles. The third-order valence-corrected chi connectivity index (χ3v) is 4.62. The lowest BCUT2D eigenvalue weighted by Gasteiger charge is -2.42. The predicted octanol–water partition coefficient (Wildman–Crippen LogP) is 2.76. The van der Waals surface area contributed by atoms with E-state index < -0.39 is 50.2 Å².